The van der Waals surface area contributed by atoms with Crippen LogP contribution in [-0.2, 0) is 4.79 Å². The molecule has 1 fully saturated rings. The van der Waals surface area contributed by atoms with Gasteiger partial charge in [0, 0.05) is 19.0 Å². The van der Waals surface area contributed by atoms with Crippen molar-refractivity contribution in [2.24, 2.45) is 5.92 Å². The van der Waals surface area contributed by atoms with Gasteiger partial charge in [0.2, 0.25) is 5.91 Å². The number of thioether (sulfide) groups is 1. The maximum Gasteiger partial charge on any atom is 0.235 e. The highest BCUT2D eigenvalue weighted by molar-refractivity contribution is 7.99. The number of likely N-dealkylation sites (tertiary alicyclic amines) is 1. The predicted molar refractivity (Wildman–Crippen MR) is 59.3 cm³/mol. The Labute approximate surface area is 89.9 Å². The van der Waals surface area contributed by atoms with Gasteiger partial charge in [-0.25, -0.2) is 0 Å². The summed E-state index contributed by atoms with van der Waals surface area (Å²) in [6, 6.07) is 0. The van der Waals surface area contributed by atoms with Crippen molar-refractivity contribution in [3.05, 3.63) is 0 Å². The lowest BCUT2D eigenvalue weighted by atomic mass is 9.84. The molecule has 0 saturated carbocycles. The number of nitrogens with zero attached hydrogens (tertiary/aromatic N) is 1. The first kappa shape index (κ1) is 11.9. The van der Waals surface area contributed by atoms with Crippen LogP contribution in [0.3, 0.4) is 0 Å². The molecule has 82 valence electrons. The molecule has 1 aliphatic heterocycles. The second kappa shape index (κ2) is 4.11. The number of carbonyl (C=O) groups excluding carboxylic acids is 1. The van der Waals surface area contributed by atoms with Crippen LogP contribution < -0.4 is 0 Å². The zero-order chi connectivity index (χ0) is 10.9. The van der Waals surface area contributed by atoms with Crippen molar-refractivity contribution >= 4 is 17.7 Å². The van der Waals surface area contributed by atoms with Crippen molar-refractivity contribution in [1.82, 2.24) is 4.90 Å². The van der Waals surface area contributed by atoms with Gasteiger partial charge in [-0.1, -0.05) is 0 Å². The Balaban J connectivity index is 2.38. The molecule has 0 bridgehead atoms. The van der Waals surface area contributed by atoms with Gasteiger partial charge >= 0.3 is 0 Å². The number of amides is 1. The van der Waals surface area contributed by atoms with Crippen molar-refractivity contribution in [3.63, 3.8) is 0 Å². The second-order valence-corrected chi connectivity index (χ2v) is 5.65. The van der Waals surface area contributed by atoms with Crippen LogP contribution >= 0.6 is 11.8 Å². The zero-order valence-electron chi connectivity index (χ0n) is 9.28. The Hall–Kier alpha value is -0.220. The lowest BCUT2D eigenvalue weighted by Gasteiger charge is -2.45. The van der Waals surface area contributed by atoms with Crippen LogP contribution in [0.2, 0.25) is 0 Å². The molecule has 1 atom stereocenters. The number of rotatable bonds is 3. The Kier molecular flexibility index (Phi) is 3.48. The highest BCUT2D eigenvalue weighted by Crippen LogP contribution is 2.28. The summed E-state index contributed by atoms with van der Waals surface area (Å²) >= 11 is 1.57. The predicted octanol–water partition coefficient (Wildman–Crippen LogP) is 0.967. The molecule has 0 aromatic carbocycles. The minimum Gasteiger partial charge on any atom is -0.390 e. The monoisotopic (exact) mass is 217 g/mol. The van der Waals surface area contributed by atoms with E-state index in [1.165, 1.54) is 0 Å². The Bertz CT molecular complexity index is 219. The van der Waals surface area contributed by atoms with E-state index >= 15 is 0 Å². The van der Waals surface area contributed by atoms with Crippen molar-refractivity contribution in [1.29, 1.82) is 0 Å². The molecule has 1 heterocycles. The number of carbonyl (C=O) groups is 1. The fraction of sp³-hybridized carbons (Fsp3) is 0.900. The summed E-state index contributed by atoms with van der Waals surface area (Å²) in [5.74, 6) is 0.429. The van der Waals surface area contributed by atoms with Gasteiger partial charge in [-0.05, 0) is 27.0 Å². The first-order valence-corrected chi connectivity index (χ1v) is 6.19. The Morgan fingerprint density at radius 1 is 1.57 bits per heavy atom. The zero-order valence-corrected chi connectivity index (χ0v) is 10.1. The van der Waals surface area contributed by atoms with Crippen LogP contribution in [0, 0.1) is 5.92 Å². The standard InChI is InChI=1S/C10H19NO2S/c1-7(14-4)9(12)11-5-8(6-11)10(2,3)13/h7-8,13H,5-6H2,1-4H3/t7-/m1/s1. The molecule has 1 aliphatic rings. The molecule has 0 spiro atoms. The molecule has 3 nitrogen and oxygen atoms in total. The first-order valence-electron chi connectivity index (χ1n) is 4.90. The summed E-state index contributed by atoms with van der Waals surface area (Å²) in [5.41, 5.74) is -0.653. The number of aliphatic hydroxyl groups is 1. The SMILES string of the molecule is CS[C@H](C)C(=O)N1CC(C(C)(C)O)C1. The lowest BCUT2D eigenvalue weighted by Crippen LogP contribution is -2.59. The van der Waals surface area contributed by atoms with E-state index in [1.807, 2.05) is 18.1 Å². The number of hydrogen-bond donors (Lipinski definition) is 1. The number of hydrogen-bond acceptors (Lipinski definition) is 3. The average Bonchev–Trinajstić information content (AvgIpc) is 1.97. The van der Waals surface area contributed by atoms with Crippen molar-refractivity contribution in [2.75, 3.05) is 19.3 Å². The molecule has 1 rings (SSSR count). The van der Waals surface area contributed by atoms with E-state index in [0.29, 0.717) is 13.1 Å². The molecule has 4 heteroatoms. The van der Waals surface area contributed by atoms with E-state index in [4.69, 9.17) is 0 Å². The fourth-order valence-electron chi connectivity index (χ4n) is 1.46. The van der Waals surface area contributed by atoms with Crippen molar-refractivity contribution < 1.29 is 9.90 Å². The maximum absolute atomic E-state index is 11.7. The normalized spacial score (nSPS) is 20.5. The molecule has 1 saturated heterocycles. The largest absolute Gasteiger partial charge is 0.390 e. The molecule has 1 amide bonds. The molecule has 0 aliphatic carbocycles. The van der Waals surface area contributed by atoms with Crippen molar-refractivity contribution in [2.45, 2.75) is 31.6 Å². The lowest BCUT2D eigenvalue weighted by molar-refractivity contribution is -0.143. The Morgan fingerprint density at radius 2 is 2.07 bits per heavy atom. The molecular formula is C10H19NO2S. The van der Waals surface area contributed by atoms with Crippen LogP contribution in [0.15, 0.2) is 0 Å². The van der Waals surface area contributed by atoms with Gasteiger partial charge in [0.15, 0.2) is 0 Å². The molecule has 0 unspecified atom stereocenters. The summed E-state index contributed by atoms with van der Waals surface area (Å²) < 4.78 is 0. The smallest absolute Gasteiger partial charge is 0.235 e. The molecule has 0 aromatic rings. The van der Waals surface area contributed by atoms with Gasteiger partial charge in [-0.2, -0.15) is 11.8 Å². The van der Waals surface area contributed by atoms with Crippen LogP contribution in [0.25, 0.3) is 0 Å². The molecule has 0 radical (unpaired) electrons. The topological polar surface area (TPSA) is 40.5 Å². The Morgan fingerprint density at radius 3 is 2.43 bits per heavy atom. The first-order chi connectivity index (χ1) is 6.36. The fourth-order valence-corrected chi connectivity index (χ4v) is 1.81. The minimum atomic E-state index is -0.653. The van der Waals surface area contributed by atoms with E-state index in [9.17, 15) is 9.90 Å². The van der Waals surface area contributed by atoms with E-state index < -0.39 is 5.60 Å². The highest BCUT2D eigenvalue weighted by Gasteiger charge is 2.40. The van der Waals surface area contributed by atoms with Crippen LogP contribution in [-0.4, -0.2) is 46.1 Å². The van der Waals surface area contributed by atoms with E-state index in [-0.39, 0.29) is 17.1 Å². The van der Waals surface area contributed by atoms with E-state index in [2.05, 4.69) is 0 Å². The molecule has 1 N–H and O–H groups in total. The van der Waals surface area contributed by atoms with Gasteiger partial charge in [-0.3, -0.25) is 4.79 Å². The van der Waals surface area contributed by atoms with Gasteiger partial charge in [0.05, 0.1) is 10.9 Å². The van der Waals surface area contributed by atoms with Crippen LogP contribution in [0.1, 0.15) is 20.8 Å². The quantitative estimate of drug-likeness (QED) is 0.765. The maximum atomic E-state index is 11.7. The third-order valence-electron chi connectivity index (χ3n) is 2.89. The van der Waals surface area contributed by atoms with Gasteiger partial charge in [0.25, 0.3) is 0 Å². The van der Waals surface area contributed by atoms with E-state index in [1.54, 1.807) is 25.6 Å². The highest BCUT2D eigenvalue weighted by atomic mass is 32.2. The van der Waals surface area contributed by atoms with Crippen LogP contribution in [0.5, 0.6) is 0 Å². The minimum absolute atomic E-state index is 0.0396. The van der Waals surface area contributed by atoms with Gasteiger partial charge in [-0.15, -0.1) is 0 Å². The van der Waals surface area contributed by atoms with Gasteiger partial charge < -0.3 is 10.0 Å². The summed E-state index contributed by atoms with van der Waals surface area (Å²) in [7, 11) is 0. The third kappa shape index (κ3) is 2.42. The average molecular weight is 217 g/mol. The second-order valence-electron chi connectivity index (χ2n) is 4.47. The molecule has 14 heavy (non-hydrogen) atoms. The van der Waals surface area contributed by atoms with Gasteiger partial charge in [0.1, 0.15) is 0 Å². The van der Waals surface area contributed by atoms with Crippen molar-refractivity contribution in [3.8, 4) is 0 Å². The summed E-state index contributed by atoms with van der Waals surface area (Å²) in [6.45, 7) is 6.93. The molecular weight excluding hydrogens is 198 g/mol. The third-order valence-corrected chi connectivity index (χ3v) is 3.80. The summed E-state index contributed by atoms with van der Waals surface area (Å²) in [6.07, 6.45) is 1.94. The molecule has 0 aromatic heterocycles. The summed E-state index contributed by atoms with van der Waals surface area (Å²) in [5, 5.41) is 9.73. The van der Waals surface area contributed by atoms with Crippen LogP contribution in [0.4, 0.5) is 0 Å². The van der Waals surface area contributed by atoms with E-state index in [0.717, 1.165) is 0 Å². The summed E-state index contributed by atoms with van der Waals surface area (Å²) in [4.78, 5) is 13.5.